The lowest BCUT2D eigenvalue weighted by Crippen LogP contribution is -2.18. The number of halogens is 2. The first-order valence-corrected chi connectivity index (χ1v) is 11.3. The molecular formula is C27H21F2N5. The van der Waals surface area contributed by atoms with E-state index in [1.165, 1.54) is 25.0 Å². The minimum absolute atomic E-state index is 0.172. The maximum atomic E-state index is 14.9. The van der Waals surface area contributed by atoms with Gasteiger partial charge in [-0.1, -0.05) is 18.2 Å². The molecule has 0 bridgehead atoms. The van der Waals surface area contributed by atoms with Crippen molar-refractivity contribution < 1.29 is 8.78 Å². The number of nitrogens with zero attached hydrogens (tertiary/aromatic N) is 4. The number of para-hydroxylation sites is 1. The number of likely N-dealkylation sites (tertiary alicyclic amines) is 1. The van der Waals surface area contributed by atoms with Crippen LogP contribution in [0.2, 0.25) is 0 Å². The van der Waals surface area contributed by atoms with Gasteiger partial charge in [-0.25, -0.2) is 13.8 Å². The van der Waals surface area contributed by atoms with Gasteiger partial charge in [0.05, 0.1) is 11.4 Å². The van der Waals surface area contributed by atoms with Crippen molar-refractivity contribution in [2.45, 2.75) is 19.4 Å². The van der Waals surface area contributed by atoms with Gasteiger partial charge in [0.2, 0.25) is 0 Å². The molecule has 0 atom stereocenters. The van der Waals surface area contributed by atoms with Crippen LogP contribution in [0.1, 0.15) is 24.1 Å². The fourth-order valence-electron chi connectivity index (χ4n) is 4.96. The maximum Gasteiger partial charge on any atom is 0.156 e. The number of imidazole rings is 1. The van der Waals surface area contributed by atoms with Crippen molar-refractivity contribution in [1.82, 2.24) is 19.3 Å². The summed E-state index contributed by atoms with van der Waals surface area (Å²) in [5.41, 5.74) is 4.83. The van der Waals surface area contributed by atoms with Gasteiger partial charge in [0.1, 0.15) is 23.3 Å². The Hall–Kier alpha value is -4.02. The Morgan fingerprint density at radius 2 is 1.82 bits per heavy atom. The van der Waals surface area contributed by atoms with E-state index in [0.29, 0.717) is 17.8 Å². The van der Waals surface area contributed by atoms with Crippen LogP contribution in [-0.2, 0) is 6.54 Å². The first-order valence-electron chi connectivity index (χ1n) is 11.3. The molecule has 5 nitrogen and oxygen atoms in total. The summed E-state index contributed by atoms with van der Waals surface area (Å²) in [6.07, 6.45) is 6.23. The summed E-state index contributed by atoms with van der Waals surface area (Å²) in [6, 6.07) is 15.4. The van der Waals surface area contributed by atoms with E-state index in [1.54, 1.807) is 6.07 Å². The van der Waals surface area contributed by atoms with Gasteiger partial charge in [0.25, 0.3) is 0 Å². The lowest BCUT2D eigenvalue weighted by Gasteiger charge is -2.12. The lowest BCUT2D eigenvalue weighted by molar-refractivity contribution is 0.328. The number of benzene rings is 2. The third-order valence-electron chi connectivity index (χ3n) is 6.57. The number of rotatable bonds is 4. The van der Waals surface area contributed by atoms with Crippen LogP contribution in [0.4, 0.5) is 8.78 Å². The fourth-order valence-corrected chi connectivity index (χ4v) is 4.96. The summed E-state index contributed by atoms with van der Waals surface area (Å²) >= 11 is 0. The van der Waals surface area contributed by atoms with Crippen LogP contribution in [0.25, 0.3) is 38.9 Å². The van der Waals surface area contributed by atoms with E-state index in [4.69, 9.17) is 4.98 Å². The van der Waals surface area contributed by atoms with Crippen molar-refractivity contribution in [2.75, 3.05) is 13.1 Å². The number of aromatic nitrogens is 3. The molecule has 5 aromatic rings. The molecule has 1 aliphatic heterocycles. The predicted octanol–water partition coefficient (Wildman–Crippen LogP) is 5.90. The topological polar surface area (TPSA) is 60.1 Å². The second kappa shape index (κ2) is 8.08. The number of pyridine rings is 1. The van der Waals surface area contributed by atoms with E-state index in [-0.39, 0.29) is 11.1 Å². The summed E-state index contributed by atoms with van der Waals surface area (Å²) in [7, 11) is 0. The van der Waals surface area contributed by atoms with E-state index in [1.807, 2.05) is 41.1 Å². The molecule has 0 radical (unpaired) electrons. The lowest BCUT2D eigenvalue weighted by atomic mass is 9.98. The summed E-state index contributed by atoms with van der Waals surface area (Å²) in [5.74, 6) is -1.37. The third-order valence-corrected chi connectivity index (χ3v) is 6.57. The molecule has 3 aromatic heterocycles. The van der Waals surface area contributed by atoms with Crippen molar-refractivity contribution in [3.05, 3.63) is 83.8 Å². The molecule has 0 aliphatic carbocycles. The molecule has 1 saturated heterocycles. The van der Waals surface area contributed by atoms with E-state index < -0.39 is 11.6 Å². The average molecular weight is 453 g/mol. The van der Waals surface area contributed by atoms with Gasteiger partial charge in [0, 0.05) is 52.6 Å². The Labute approximate surface area is 194 Å². The highest BCUT2D eigenvalue weighted by Gasteiger charge is 2.22. The fraction of sp³-hybridized carbons (Fsp3) is 0.185. The zero-order chi connectivity index (χ0) is 23.2. The number of hydrogen-bond donors (Lipinski definition) is 1. The molecule has 34 heavy (non-hydrogen) atoms. The van der Waals surface area contributed by atoms with Crippen molar-refractivity contribution in [3.8, 4) is 28.5 Å². The van der Waals surface area contributed by atoms with Crippen LogP contribution >= 0.6 is 0 Å². The minimum Gasteiger partial charge on any atom is -0.360 e. The molecule has 2 aromatic carbocycles. The van der Waals surface area contributed by atoms with Crippen molar-refractivity contribution >= 4 is 16.6 Å². The number of aromatic amines is 1. The van der Waals surface area contributed by atoms with Gasteiger partial charge in [-0.15, -0.1) is 0 Å². The summed E-state index contributed by atoms with van der Waals surface area (Å²) in [5, 5.41) is 11.1. The molecule has 168 valence electrons. The van der Waals surface area contributed by atoms with Crippen molar-refractivity contribution in [1.29, 1.82) is 5.26 Å². The normalized spacial score (nSPS) is 14.3. The smallest absolute Gasteiger partial charge is 0.156 e. The van der Waals surface area contributed by atoms with Gasteiger partial charge < -0.3 is 4.98 Å². The molecule has 1 fully saturated rings. The van der Waals surface area contributed by atoms with Crippen molar-refractivity contribution in [3.63, 3.8) is 0 Å². The quantitative estimate of drug-likeness (QED) is 0.369. The second-order valence-electron chi connectivity index (χ2n) is 8.71. The standard InChI is InChI=1S/C27H21F2N5/c28-17-7-8-19(24(29)11-17)21-12-26(23-14-31-25-6-2-1-5-20(23)25)34-16-18(15-33-9-3-4-10-33)32-27(34)22(21)13-30/h1-2,5-8,11-12,14,16,31H,3-4,9-10,15H2. The van der Waals surface area contributed by atoms with Crippen LogP contribution < -0.4 is 0 Å². The van der Waals surface area contributed by atoms with Crippen LogP contribution in [0.5, 0.6) is 0 Å². The highest BCUT2D eigenvalue weighted by molar-refractivity contribution is 5.96. The van der Waals surface area contributed by atoms with Gasteiger partial charge in [-0.3, -0.25) is 9.30 Å². The average Bonchev–Trinajstić information content (AvgIpc) is 3.58. The predicted molar refractivity (Wildman–Crippen MR) is 127 cm³/mol. The molecule has 6 rings (SSSR count). The number of nitriles is 1. The highest BCUT2D eigenvalue weighted by Crippen LogP contribution is 2.36. The molecule has 4 heterocycles. The summed E-state index contributed by atoms with van der Waals surface area (Å²) in [4.78, 5) is 10.5. The van der Waals surface area contributed by atoms with Gasteiger partial charge >= 0.3 is 0 Å². The first kappa shape index (κ1) is 20.6. The summed E-state index contributed by atoms with van der Waals surface area (Å²) in [6.45, 7) is 2.75. The van der Waals surface area contributed by atoms with E-state index in [2.05, 4.69) is 16.0 Å². The maximum absolute atomic E-state index is 14.9. The third kappa shape index (κ3) is 3.35. The second-order valence-corrected chi connectivity index (χ2v) is 8.71. The number of fused-ring (bicyclic) bond motifs is 2. The van der Waals surface area contributed by atoms with E-state index >= 15 is 0 Å². The molecular weight excluding hydrogens is 432 g/mol. The van der Waals surface area contributed by atoms with Crippen LogP contribution in [0.3, 0.4) is 0 Å². The van der Waals surface area contributed by atoms with Gasteiger partial charge in [-0.05, 0) is 50.2 Å². The minimum atomic E-state index is -0.713. The zero-order valence-electron chi connectivity index (χ0n) is 18.4. The number of H-pyrrole nitrogens is 1. The van der Waals surface area contributed by atoms with Crippen LogP contribution in [0, 0.1) is 23.0 Å². The molecule has 0 unspecified atom stereocenters. The molecule has 0 spiro atoms. The monoisotopic (exact) mass is 453 g/mol. The summed E-state index contributed by atoms with van der Waals surface area (Å²) < 4.78 is 30.4. The number of hydrogen-bond acceptors (Lipinski definition) is 3. The molecule has 1 N–H and O–H groups in total. The van der Waals surface area contributed by atoms with Crippen LogP contribution in [-0.4, -0.2) is 32.4 Å². The number of nitrogens with one attached hydrogen (secondary N) is 1. The van der Waals surface area contributed by atoms with E-state index in [0.717, 1.165) is 47.0 Å². The molecule has 0 saturated carbocycles. The zero-order valence-corrected chi connectivity index (χ0v) is 18.4. The Morgan fingerprint density at radius 3 is 2.62 bits per heavy atom. The molecule has 0 amide bonds. The molecule has 1 aliphatic rings. The van der Waals surface area contributed by atoms with Gasteiger partial charge in [0.15, 0.2) is 5.65 Å². The Bertz CT molecular complexity index is 1580. The van der Waals surface area contributed by atoms with Crippen molar-refractivity contribution in [2.24, 2.45) is 0 Å². The van der Waals surface area contributed by atoms with E-state index in [9.17, 15) is 14.0 Å². The Kier molecular flexibility index (Phi) is 4.89. The first-order chi connectivity index (χ1) is 16.6. The highest BCUT2D eigenvalue weighted by atomic mass is 19.1. The SMILES string of the molecule is N#Cc1c(-c2ccc(F)cc2F)cc(-c2c[nH]c3ccccc23)n2cc(CN3CCCC3)nc12. The molecule has 7 heteroatoms. The Morgan fingerprint density at radius 1 is 1.00 bits per heavy atom. The Balaban J connectivity index is 1.64. The van der Waals surface area contributed by atoms with Crippen LogP contribution in [0.15, 0.2) is 60.9 Å². The van der Waals surface area contributed by atoms with Gasteiger partial charge in [-0.2, -0.15) is 5.26 Å². The largest absolute Gasteiger partial charge is 0.360 e.